The molecule has 0 spiro atoms. The minimum atomic E-state index is -0.426. The maximum atomic E-state index is 11.5. The van der Waals surface area contributed by atoms with Crippen molar-refractivity contribution in [2.24, 2.45) is 4.99 Å². The summed E-state index contributed by atoms with van der Waals surface area (Å²) in [6, 6.07) is 7.02. The van der Waals surface area contributed by atoms with Crippen molar-refractivity contribution >= 4 is 23.3 Å². The van der Waals surface area contributed by atoms with Crippen molar-refractivity contribution in [2.75, 3.05) is 12.4 Å². The Morgan fingerprint density at radius 1 is 1.37 bits per heavy atom. The molecule has 0 bridgehead atoms. The van der Waals surface area contributed by atoms with Crippen molar-refractivity contribution in [3.63, 3.8) is 0 Å². The van der Waals surface area contributed by atoms with Crippen LogP contribution in [0.3, 0.4) is 0 Å². The number of ether oxygens (including phenoxy) is 1. The highest BCUT2D eigenvalue weighted by molar-refractivity contribution is 6.09. The van der Waals surface area contributed by atoms with Gasteiger partial charge in [-0.2, -0.15) is 0 Å². The number of benzene rings is 1. The summed E-state index contributed by atoms with van der Waals surface area (Å²) in [6.45, 7) is 1.46. The lowest BCUT2D eigenvalue weighted by atomic mass is 10.0. The second-order valence-electron chi connectivity index (χ2n) is 4.38. The molecule has 1 amide bonds. The average Bonchev–Trinajstić information content (AvgIpc) is 2.87. The van der Waals surface area contributed by atoms with Gasteiger partial charge < -0.3 is 10.1 Å². The Labute approximate surface area is 111 Å². The molecule has 19 heavy (non-hydrogen) atoms. The van der Waals surface area contributed by atoms with E-state index < -0.39 is 6.04 Å². The van der Waals surface area contributed by atoms with E-state index in [0.29, 0.717) is 12.8 Å². The highest BCUT2D eigenvalue weighted by Gasteiger charge is 2.26. The molecule has 0 radical (unpaired) electrons. The minimum absolute atomic E-state index is 0.129. The number of nitrogens with zero attached hydrogens (tertiary/aromatic N) is 1. The van der Waals surface area contributed by atoms with Crippen LogP contribution in [0.4, 0.5) is 5.69 Å². The number of carbonyl (C=O) groups excluding carboxylic acids is 2. The van der Waals surface area contributed by atoms with Gasteiger partial charge in [-0.15, -0.1) is 0 Å². The molecular weight excluding hydrogens is 244 g/mol. The molecule has 1 aromatic carbocycles. The van der Waals surface area contributed by atoms with Crippen LogP contribution in [0.5, 0.6) is 0 Å². The summed E-state index contributed by atoms with van der Waals surface area (Å²) >= 11 is 0. The molecule has 0 saturated heterocycles. The third-order valence-electron chi connectivity index (χ3n) is 2.99. The summed E-state index contributed by atoms with van der Waals surface area (Å²) in [5.74, 6) is -0.442. The minimum Gasteiger partial charge on any atom is -0.467 e. The van der Waals surface area contributed by atoms with Crippen molar-refractivity contribution in [3.8, 4) is 0 Å². The number of methoxy groups -OCH3 is 1. The number of hydrogen-bond acceptors (Lipinski definition) is 4. The number of para-hydroxylation sites is 1. The molecule has 5 heteroatoms. The summed E-state index contributed by atoms with van der Waals surface area (Å²) < 4.78 is 4.70. The van der Waals surface area contributed by atoms with Gasteiger partial charge in [-0.3, -0.25) is 9.79 Å². The van der Waals surface area contributed by atoms with Gasteiger partial charge in [-0.05, 0) is 18.9 Å². The smallest absolute Gasteiger partial charge is 0.330 e. The van der Waals surface area contributed by atoms with Crippen LogP contribution in [0.1, 0.15) is 25.3 Å². The third-order valence-corrected chi connectivity index (χ3v) is 2.99. The van der Waals surface area contributed by atoms with Crippen molar-refractivity contribution < 1.29 is 14.3 Å². The molecule has 2 rings (SSSR count). The van der Waals surface area contributed by atoms with Crippen LogP contribution in [-0.2, 0) is 14.3 Å². The number of rotatable bonds is 3. The Kier molecular flexibility index (Phi) is 3.94. The molecule has 1 aliphatic heterocycles. The van der Waals surface area contributed by atoms with Crippen LogP contribution in [0, 0.1) is 0 Å². The zero-order valence-electron chi connectivity index (χ0n) is 11.0. The Hall–Kier alpha value is -2.17. The quantitative estimate of drug-likeness (QED) is 0.842. The summed E-state index contributed by atoms with van der Waals surface area (Å²) in [5, 5.41) is 2.77. The van der Waals surface area contributed by atoms with Gasteiger partial charge >= 0.3 is 5.97 Å². The van der Waals surface area contributed by atoms with Gasteiger partial charge in [0.25, 0.3) is 0 Å². The highest BCUT2D eigenvalue weighted by Crippen LogP contribution is 2.24. The lowest BCUT2D eigenvalue weighted by molar-refractivity contribution is -0.142. The molecule has 1 aliphatic rings. The largest absolute Gasteiger partial charge is 0.467 e. The van der Waals surface area contributed by atoms with Crippen LogP contribution in [0.25, 0.3) is 0 Å². The summed E-state index contributed by atoms with van der Waals surface area (Å²) in [7, 11) is 1.36. The lowest BCUT2D eigenvalue weighted by Crippen LogP contribution is -2.17. The first-order chi connectivity index (χ1) is 9.11. The predicted octanol–water partition coefficient (Wildman–Crippen LogP) is 1.77. The van der Waals surface area contributed by atoms with E-state index in [1.54, 1.807) is 0 Å². The number of amides is 1. The second kappa shape index (κ2) is 5.65. The Balaban J connectivity index is 2.28. The van der Waals surface area contributed by atoms with E-state index >= 15 is 0 Å². The third kappa shape index (κ3) is 2.99. The van der Waals surface area contributed by atoms with Crippen molar-refractivity contribution in [3.05, 3.63) is 29.8 Å². The van der Waals surface area contributed by atoms with Gasteiger partial charge in [0.2, 0.25) is 5.91 Å². The van der Waals surface area contributed by atoms with E-state index in [-0.39, 0.29) is 11.9 Å². The van der Waals surface area contributed by atoms with Gasteiger partial charge in [0.1, 0.15) is 6.04 Å². The molecule has 5 nitrogen and oxygen atoms in total. The maximum absolute atomic E-state index is 11.5. The predicted molar refractivity (Wildman–Crippen MR) is 72.3 cm³/mol. The summed E-state index contributed by atoms with van der Waals surface area (Å²) in [5.41, 5.74) is 2.42. The molecule has 1 aromatic rings. The monoisotopic (exact) mass is 260 g/mol. The first-order valence-electron chi connectivity index (χ1n) is 6.13. The molecule has 0 fully saturated rings. The van der Waals surface area contributed by atoms with Gasteiger partial charge in [0.15, 0.2) is 0 Å². The summed E-state index contributed by atoms with van der Waals surface area (Å²) in [4.78, 5) is 27.0. The SMILES string of the molecule is COC(=O)C1CCC(c2ccccc2NC(C)=O)=N1. The van der Waals surface area contributed by atoms with Crippen LogP contribution >= 0.6 is 0 Å². The van der Waals surface area contributed by atoms with Gasteiger partial charge in [0.05, 0.1) is 7.11 Å². The normalized spacial score (nSPS) is 17.8. The number of anilines is 1. The molecule has 1 N–H and O–H groups in total. The van der Waals surface area contributed by atoms with Crippen LogP contribution < -0.4 is 5.32 Å². The fourth-order valence-corrected chi connectivity index (χ4v) is 2.13. The number of hydrogen-bond donors (Lipinski definition) is 1. The van der Waals surface area contributed by atoms with Gasteiger partial charge in [-0.25, -0.2) is 4.79 Å². The maximum Gasteiger partial charge on any atom is 0.330 e. The van der Waals surface area contributed by atoms with E-state index in [1.807, 2.05) is 24.3 Å². The number of carbonyl (C=O) groups is 2. The fraction of sp³-hybridized carbons (Fsp3) is 0.357. The molecule has 0 saturated carbocycles. The second-order valence-corrected chi connectivity index (χ2v) is 4.38. The number of nitrogens with one attached hydrogen (secondary N) is 1. The first-order valence-corrected chi connectivity index (χ1v) is 6.13. The Morgan fingerprint density at radius 3 is 2.79 bits per heavy atom. The zero-order valence-corrected chi connectivity index (χ0v) is 11.0. The molecule has 0 aliphatic carbocycles. The topological polar surface area (TPSA) is 67.8 Å². The summed E-state index contributed by atoms with van der Waals surface area (Å²) in [6.07, 6.45) is 1.35. The highest BCUT2D eigenvalue weighted by atomic mass is 16.5. The molecular formula is C14H16N2O3. The van der Waals surface area contributed by atoms with Crippen molar-refractivity contribution in [2.45, 2.75) is 25.8 Å². The van der Waals surface area contributed by atoms with E-state index in [4.69, 9.17) is 4.74 Å². The zero-order chi connectivity index (χ0) is 13.8. The number of aliphatic imine (C=N–C) groups is 1. The molecule has 100 valence electrons. The Morgan fingerprint density at radius 2 is 2.11 bits per heavy atom. The van der Waals surface area contributed by atoms with Crippen molar-refractivity contribution in [1.82, 2.24) is 0 Å². The molecule has 1 unspecified atom stereocenters. The fourth-order valence-electron chi connectivity index (χ4n) is 2.13. The van der Waals surface area contributed by atoms with Crippen molar-refractivity contribution in [1.29, 1.82) is 0 Å². The molecule has 0 aromatic heterocycles. The number of esters is 1. The van der Waals surface area contributed by atoms with E-state index in [1.165, 1.54) is 14.0 Å². The van der Waals surface area contributed by atoms with Crippen LogP contribution in [0.15, 0.2) is 29.3 Å². The lowest BCUT2D eigenvalue weighted by Gasteiger charge is -2.09. The van der Waals surface area contributed by atoms with E-state index in [9.17, 15) is 9.59 Å². The molecule has 1 heterocycles. The average molecular weight is 260 g/mol. The van der Waals surface area contributed by atoms with Crippen LogP contribution in [-0.4, -0.2) is 30.7 Å². The van der Waals surface area contributed by atoms with E-state index in [0.717, 1.165) is 17.0 Å². The van der Waals surface area contributed by atoms with Gasteiger partial charge in [-0.1, -0.05) is 18.2 Å². The Bertz CT molecular complexity index is 537. The standard InChI is InChI=1S/C14H16N2O3/c1-9(17)15-11-6-4-3-5-10(11)12-7-8-13(16-12)14(18)19-2/h3-6,13H,7-8H2,1-2H3,(H,15,17). The molecule has 1 atom stereocenters. The van der Waals surface area contributed by atoms with E-state index in [2.05, 4.69) is 10.3 Å². The van der Waals surface area contributed by atoms with Gasteiger partial charge in [0, 0.05) is 23.9 Å². The first kappa shape index (κ1) is 13.3. The van der Waals surface area contributed by atoms with Crippen LogP contribution in [0.2, 0.25) is 0 Å².